The summed E-state index contributed by atoms with van der Waals surface area (Å²) in [7, 11) is 0. The minimum absolute atomic E-state index is 0.0350. The van der Waals surface area contributed by atoms with Crippen molar-refractivity contribution in [3.8, 4) is 0 Å². The highest BCUT2D eigenvalue weighted by Crippen LogP contribution is 2.33. The highest BCUT2D eigenvalue weighted by molar-refractivity contribution is 6.05. The number of amides is 2. The van der Waals surface area contributed by atoms with E-state index in [2.05, 4.69) is 5.32 Å². The molecular weight excluding hydrogens is 204 g/mol. The van der Waals surface area contributed by atoms with Crippen molar-refractivity contribution < 1.29 is 9.59 Å². The Balaban J connectivity index is 1.68. The number of carbonyl (C=O) groups excluding carboxylic acids is 2. The minimum atomic E-state index is -0.258. The van der Waals surface area contributed by atoms with Gasteiger partial charge in [0.05, 0.1) is 12.5 Å². The van der Waals surface area contributed by atoms with Crippen molar-refractivity contribution in [2.75, 3.05) is 13.1 Å². The van der Waals surface area contributed by atoms with E-state index in [9.17, 15) is 9.59 Å². The molecule has 0 bridgehead atoms. The minimum Gasteiger partial charge on any atom is -0.305 e. The van der Waals surface area contributed by atoms with Crippen LogP contribution in [0.5, 0.6) is 0 Å². The molecule has 0 aromatic heterocycles. The third-order valence-corrected chi connectivity index (χ3v) is 3.44. The molecule has 2 rings (SSSR count). The average Bonchev–Trinajstić information content (AvgIpc) is 3.03. The van der Waals surface area contributed by atoms with Crippen molar-refractivity contribution >= 4 is 11.8 Å². The summed E-state index contributed by atoms with van der Waals surface area (Å²) in [6.45, 7) is 3.20. The van der Waals surface area contributed by atoms with Crippen molar-refractivity contribution in [3.05, 3.63) is 0 Å². The molecule has 4 heteroatoms. The Labute approximate surface area is 96.4 Å². The number of hydrogen-bond donors (Lipinski definition) is 1. The zero-order chi connectivity index (χ0) is 11.5. The summed E-state index contributed by atoms with van der Waals surface area (Å²) in [5.74, 6) is 0.862. The molecule has 0 radical (unpaired) electrons. The van der Waals surface area contributed by atoms with Gasteiger partial charge in [-0.05, 0) is 32.2 Å². The second-order valence-electron chi connectivity index (χ2n) is 4.77. The summed E-state index contributed by atoms with van der Waals surface area (Å²) < 4.78 is 0. The lowest BCUT2D eigenvalue weighted by atomic mass is 10.2. The first kappa shape index (κ1) is 11.6. The molecular formula is C12H20N2O2. The third-order valence-electron chi connectivity index (χ3n) is 3.44. The molecule has 1 atom stereocenters. The van der Waals surface area contributed by atoms with Crippen LogP contribution in [0.15, 0.2) is 0 Å². The number of rotatable bonds is 6. The van der Waals surface area contributed by atoms with E-state index in [-0.39, 0.29) is 17.9 Å². The Bertz CT molecular complexity index is 287. The van der Waals surface area contributed by atoms with Crippen LogP contribution < -0.4 is 5.32 Å². The number of likely N-dealkylation sites (tertiary alicyclic amines) is 1. The highest BCUT2D eigenvalue weighted by Gasteiger charge is 2.36. The van der Waals surface area contributed by atoms with E-state index in [1.165, 1.54) is 24.2 Å². The molecule has 0 spiro atoms. The Kier molecular flexibility index (Phi) is 3.59. The molecule has 1 unspecified atom stereocenters. The Morgan fingerprint density at radius 2 is 2.12 bits per heavy atom. The van der Waals surface area contributed by atoms with E-state index in [1.807, 2.05) is 6.92 Å². The third kappa shape index (κ3) is 2.61. The standard InChI is InChI=1S/C12H20N2O2/c1-2-14-11(15)8-10(12(14)16)13-7-3-4-9-5-6-9/h9-10,13H,2-8H2,1H3. The summed E-state index contributed by atoms with van der Waals surface area (Å²) in [6, 6.07) is -0.258. The molecule has 1 heterocycles. The summed E-state index contributed by atoms with van der Waals surface area (Å²) in [6.07, 6.45) is 5.49. The molecule has 1 aliphatic carbocycles. The smallest absolute Gasteiger partial charge is 0.246 e. The topological polar surface area (TPSA) is 49.4 Å². The SMILES string of the molecule is CCN1C(=O)CC(NCCCC2CC2)C1=O. The quantitative estimate of drug-likeness (QED) is 0.539. The van der Waals surface area contributed by atoms with Gasteiger partial charge in [-0.3, -0.25) is 14.5 Å². The fourth-order valence-corrected chi connectivity index (χ4v) is 2.25. The van der Waals surface area contributed by atoms with Crippen molar-refractivity contribution in [1.29, 1.82) is 0 Å². The highest BCUT2D eigenvalue weighted by atomic mass is 16.2. The van der Waals surface area contributed by atoms with Crippen LogP contribution >= 0.6 is 0 Å². The monoisotopic (exact) mass is 224 g/mol. The van der Waals surface area contributed by atoms with Gasteiger partial charge in [-0.1, -0.05) is 12.8 Å². The van der Waals surface area contributed by atoms with E-state index >= 15 is 0 Å². The zero-order valence-corrected chi connectivity index (χ0v) is 9.87. The average molecular weight is 224 g/mol. The van der Waals surface area contributed by atoms with Gasteiger partial charge in [-0.2, -0.15) is 0 Å². The number of likely N-dealkylation sites (N-methyl/N-ethyl adjacent to an activating group) is 1. The summed E-state index contributed by atoms with van der Waals surface area (Å²) in [5.41, 5.74) is 0. The lowest BCUT2D eigenvalue weighted by molar-refractivity contribution is -0.138. The van der Waals surface area contributed by atoms with Crippen LogP contribution in [0.3, 0.4) is 0 Å². The van der Waals surface area contributed by atoms with Crippen molar-refractivity contribution in [3.63, 3.8) is 0 Å². The number of hydrogen-bond acceptors (Lipinski definition) is 3. The molecule has 2 aliphatic rings. The Morgan fingerprint density at radius 3 is 2.69 bits per heavy atom. The van der Waals surface area contributed by atoms with E-state index in [1.54, 1.807) is 0 Å². The predicted molar refractivity (Wildman–Crippen MR) is 60.8 cm³/mol. The molecule has 2 amide bonds. The molecule has 16 heavy (non-hydrogen) atoms. The molecule has 1 saturated carbocycles. The van der Waals surface area contributed by atoms with Crippen molar-refractivity contribution in [2.24, 2.45) is 5.92 Å². The molecule has 2 fully saturated rings. The van der Waals surface area contributed by atoms with Gasteiger partial charge in [0.1, 0.15) is 0 Å². The molecule has 1 saturated heterocycles. The maximum atomic E-state index is 11.7. The van der Waals surface area contributed by atoms with Gasteiger partial charge >= 0.3 is 0 Å². The molecule has 1 N–H and O–H groups in total. The zero-order valence-electron chi connectivity index (χ0n) is 9.87. The predicted octanol–water partition coefficient (Wildman–Crippen LogP) is 0.914. The molecule has 4 nitrogen and oxygen atoms in total. The second kappa shape index (κ2) is 4.95. The van der Waals surface area contributed by atoms with Gasteiger partial charge in [0.25, 0.3) is 0 Å². The Hall–Kier alpha value is -0.900. The van der Waals surface area contributed by atoms with Crippen LogP contribution in [0, 0.1) is 5.92 Å². The first-order valence-corrected chi connectivity index (χ1v) is 6.30. The van der Waals surface area contributed by atoms with Gasteiger partial charge in [0.15, 0.2) is 0 Å². The second-order valence-corrected chi connectivity index (χ2v) is 4.77. The first-order chi connectivity index (χ1) is 7.72. The largest absolute Gasteiger partial charge is 0.305 e. The van der Waals surface area contributed by atoms with Gasteiger partial charge in [-0.25, -0.2) is 0 Å². The van der Waals surface area contributed by atoms with Gasteiger partial charge < -0.3 is 5.32 Å². The van der Waals surface area contributed by atoms with Crippen molar-refractivity contribution in [1.82, 2.24) is 10.2 Å². The fraction of sp³-hybridized carbons (Fsp3) is 0.833. The lowest BCUT2D eigenvalue weighted by Gasteiger charge is -2.12. The Morgan fingerprint density at radius 1 is 1.38 bits per heavy atom. The normalized spacial score (nSPS) is 25.6. The van der Waals surface area contributed by atoms with Crippen LogP contribution in [0.2, 0.25) is 0 Å². The summed E-state index contributed by atoms with van der Waals surface area (Å²) >= 11 is 0. The van der Waals surface area contributed by atoms with E-state index in [0.29, 0.717) is 13.0 Å². The molecule has 90 valence electrons. The molecule has 0 aromatic carbocycles. The fourth-order valence-electron chi connectivity index (χ4n) is 2.25. The van der Waals surface area contributed by atoms with Gasteiger partial charge in [-0.15, -0.1) is 0 Å². The van der Waals surface area contributed by atoms with Crippen LogP contribution in [-0.4, -0.2) is 35.8 Å². The maximum absolute atomic E-state index is 11.7. The van der Waals surface area contributed by atoms with Gasteiger partial charge in [0.2, 0.25) is 11.8 Å². The molecule has 1 aliphatic heterocycles. The van der Waals surface area contributed by atoms with E-state index in [4.69, 9.17) is 0 Å². The van der Waals surface area contributed by atoms with Crippen LogP contribution in [-0.2, 0) is 9.59 Å². The number of imide groups is 1. The molecule has 0 aromatic rings. The lowest BCUT2D eigenvalue weighted by Crippen LogP contribution is -2.39. The van der Waals surface area contributed by atoms with Crippen LogP contribution in [0.25, 0.3) is 0 Å². The van der Waals surface area contributed by atoms with Crippen molar-refractivity contribution in [2.45, 2.75) is 45.1 Å². The number of nitrogens with zero attached hydrogens (tertiary/aromatic N) is 1. The summed E-state index contributed by atoms with van der Waals surface area (Å²) in [5, 5.41) is 3.20. The van der Waals surface area contributed by atoms with E-state index in [0.717, 1.165) is 18.9 Å². The first-order valence-electron chi connectivity index (χ1n) is 6.30. The van der Waals surface area contributed by atoms with Crippen LogP contribution in [0.1, 0.15) is 39.0 Å². The van der Waals surface area contributed by atoms with E-state index < -0.39 is 0 Å². The number of carbonyl (C=O) groups is 2. The maximum Gasteiger partial charge on any atom is 0.246 e. The number of nitrogens with one attached hydrogen (secondary N) is 1. The van der Waals surface area contributed by atoms with Crippen LogP contribution in [0.4, 0.5) is 0 Å². The summed E-state index contributed by atoms with van der Waals surface area (Å²) in [4.78, 5) is 24.5. The van der Waals surface area contributed by atoms with Gasteiger partial charge in [0, 0.05) is 6.54 Å².